The average molecular weight is 251 g/mol. The molecule has 0 aromatic heterocycles. The maximum atomic E-state index is 12.3. The van der Waals surface area contributed by atoms with Gasteiger partial charge in [-0.25, -0.2) is 0 Å². The molecule has 3 fully saturated rings. The minimum absolute atomic E-state index is 0.148. The van der Waals surface area contributed by atoms with E-state index in [4.69, 9.17) is 0 Å². The topological polar surface area (TPSA) is 40.5 Å². The van der Waals surface area contributed by atoms with Gasteiger partial charge in [0.05, 0.1) is 0 Å². The number of aliphatic hydroxyl groups excluding tert-OH is 1. The molecule has 18 heavy (non-hydrogen) atoms. The van der Waals surface area contributed by atoms with Crippen LogP contribution in [0.3, 0.4) is 0 Å². The molecule has 1 amide bonds. The maximum absolute atomic E-state index is 12.3. The molecule has 0 spiro atoms. The Labute approximate surface area is 110 Å². The highest BCUT2D eigenvalue weighted by Gasteiger charge is 2.62. The molecule has 1 N–H and O–H groups in total. The number of amides is 1. The van der Waals surface area contributed by atoms with Gasteiger partial charge in [-0.3, -0.25) is 4.79 Å². The molecule has 102 valence electrons. The third-order valence-corrected chi connectivity index (χ3v) is 6.00. The molecule has 3 rings (SSSR count). The van der Waals surface area contributed by atoms with Crippen LogP contribution >= 0.6 is 0 Å². The van der Waals surface area contributed by atoms with Crippen molar-refractivity contribution < 1.29 is 9.90 Å². The van der Waals surface area contributed by atoms with E-state index in [2.05, 4.69) is 25.7 Å². The van der Waals surface area contributed by atoms with Crippen molar-refractivity contribution in [2.45, 2.75) is 52.5 Å². The van der Waals surface area contributed by atoms with Crippen molar-refractivity contribution in [2.75, 3.05) is 13.2 Å². The van der Waals surface area contributed by atoms with E-state index >= 15 is 0 Å². The normalized spacial score (nSPS) is 46.1. The second-order valence-corrected chi connectivity index (χ2v) is 7.62. The van der Waals surface area contributed by atoms with E-state index in [1.807, 2.05) is 0 Å². The van der Waals surface area contributed by atoms with Crippen LogP contribution < -0.4 is 0 Å². The van der Waals surface area contributed by atoms with E-state index in [0.29, 0.717) is 17.9 Å². The van der Waals surface area contributed by atoms with Crippen molar-refractivity contribution in [3.8, 4) is 0 Å². The molecule has 0 aromatic carbocycles. The zero-order valence-electron chi connectivity index (χ0n) is 11.8. The molecule has 3 nitrogen and oxygen atoms in total. The molecule has 1 heterocycles. The number of likely N-dealkylation sites (tertiary alicyclic amines) is 1. The lowest BCUT2D eigenvalue weighted by atomic mass is 9.67. The van der Waals surface area contributed by atoms with E-state index in [1.54, 1.807) is 0 Å². The van der Waals surface area contributed by atoms with Crippen LogP contribution in [0, 0.1) is 22.7 Å². The summed E-state index contributed by atoms with van der Waals surface area (Å²) in [5.74, 6) is 1.20. The van der Waals surface area contributed by atoms with Crippen molar-refractivity contribution in [1.29, 1.82) is 0 Å². The molecule has 3 heteroatoms. The molecular weight excluding hydrogens is 226 g/mol. The van der Waals surface area contributed by atoms with Gasteiger partial charge < -0.3 is 10.0 Å². The predicted molar refractivity (Wildman–Crippen MR) is 69.9 cm³/mol. The van der Waals surface area contributed by atoms with Gasteiger partial charge in [0.2, 0.25) is 5.91 Å². The molecular formula is C15H25NO2. The van der Waals surface area contributed by atoms with Gasteiger partial charge >= 0.3 is 0 Å². The summed E-state index contributed by atoms with van der Waals surface area (Å²) in [4.78, 5) is 14.4. The van der Waals surface area contributed by atoms with Gasteiger partial charge in [0, 0.05) is 31.5 Å². The maximum Gasteiger partial charge on any atom is 0.223 e. The van der Waals surface area contributed by atoms with E-state index in [1.165, 1.54) is 19.3 Å². The van der Waals surface area contributed by atoms with Crippen molar-refractivity contribution >= 4 is 5.91 Å². The van der Waals surface area contributed by atoms with Crippen molar-refractivity contribution in [1.82, 2.24) is 4.90 Å². The van der Waals surface area contributed by atoms with Gasteiger partial charge in [-0.1, -0.05) is 20.8 Å². The minimum atomic E-state index is 0.148. The first kappa shape index (κ1) is 12.5. The fraction of sp³-hybridized carbons (Fsp3) is 0.933. The monoisotopic (exact) mass is 251 g/mol. The second kappa shape index (κ2) is 3.72. The number of carbonyl (C=O) groups excluding carboxylic acids is 1. The molecule has 2 bridgehead atoms. The van der Waals surface area contributed by atoms with Crippen LogP contribution in [-0.4, -0.2) is 35.1 Å². The first-order chi connectivity index (χ1) is 8.38. The quantitative estimate of drug-likeness (QED) is 0.816. The molecule has 4 unspecified atom stereocenters. The van der Waals surface area contributed by atoms with E-state index in [0.717, 1.165) is 12.5 Å². The molecule has 1 saturated heterocycles. The summed E-state index contributed by atoms with van der Waals surface area (Å²) in [6.45, 7) is 7.96. The zero-order valence-corrected chi connectivity index (χ0v) is 11.8. The van der Waals surface area contributed by atoms with Gasteiger partial charge in [-0.05, 0) is 36.0 Å². The van der Waals surface area contributed by atoms with Gasteiger partial charge in [-0.15, -0.1) is 0 Å². The summed E-state index contributed by atoms with van der Waals surface area (Å²) in [6.07, 6.45) is 4.41. The molecule has 4 atom stereocenters. The van der Waals surface area contributed by atoms with Gasteiger partial charge in [0.1, 0.15) is 0 Å². The first-order valence-corrected chi connectivity index (χ1v) is 7.29. The van der Waals surface area contributed by atoms with E-state index in [9.17, 15) is 9.90 Å². The van der Waals surface area contributed by atoms with Crippen LogP contribution in [0.4, 0.5) is 0 Å². The van der Waals surface area contributed by atoms with Gasteiger partial charge in [0.25, 0.3) is 0 Å². The lowest BCUT2D eigenvalue weighted by Crippen LogP contribution is -2.53. The molecule has 1 aliphatic heterocycles. The van der Waals surface area contributed by atoms with Crippen LogP contribution in [0.1, 0.15) is 46.5 Å². The summed E-state index contributed by atoms with van der Waals surface area (Å²) >= 11 is 0. The van der Waals surface area contributed by atoms with Crippen LogP contribution in [0.2, 0.25) is 0 Å². The van der Waals surface area contributed by atoms with Crippen LogP contribution in [0.25, 0.3) is 0 Å². The first-order valence-electron chi connectivity index (χ1n) is 7.29. The molecule has 0 radical (unpaired) electrons. The average Bonchev–Trinajstić information content (AvgIpc) is 2.88. The lowest BCUT2D eigenvalue weighted by molar-refractivity contribution is -0.135. The standard InChI is InChI=1S/C15H25NO2/c1-14(2)11-4-5-15(3,7-11)13(14)16-8-10(9-17)6-12(16)18/h10-11,13,17H,4-9H2,1-3H3. The number of nitrogens with zero attached hydrogens (tertiary/aromatic N) is 1. The number of rotatable bonds is 2. The highest BCUT2D eigenvalue weighted by atomic mass is 16.3. The Morgan fingerprint density at radius 2 is 2.11 bits per heavy atom. The number of fused-ring (bicyclic) bond motifs is 2. The number of carbonyl (C=O) groups is 1. The second-order valence-electron chi connectivity index (χ2n) is 7.62. The highest BCUT2D eigenvalue weighted by Crippen LogP contribution is 2.64. The Balaban J connectivity index is 1.90. The Hall–Kier alpha value is -0.570. The Kier molecular flexibility index (Phi) is 2.58. The smallest absolute Gasteiger partial charge is 0.223 e. The third-order valence-electron chi connectivity index (χ3n) is 6.00. The molecule has 2 saturated carbocycles. The van der Waals surface area contributed by atoms with Crippen molar-refractivity contribution in [3.63, 3.8) is 0 Å². The molecule has 2 aliphatic carbocycles. The van der Waals surface area contributed by atoms with Crippen molar-refractivity contribution in [2.24, 2.45) is 22.7 Å². The Bertz CT molecular complexity index is 374. The van der Waals surface area contributed by atoms with Crippen molar-refractivity contribution in [3.05, 3.63) is 0 Å². The number of hydrogen-bond acceptors (Lipinski definition) is 2. The lowest BCUT2D eigenvalue weighted by Gasteiger charge is -2.47. The summed E-state index contributed by atoms with van der Waals surface area (Å²) in [7, 11) is 0. The molecule has 3 aliphatic rings. The number of aliphatic hydroxyl groups is 1. The Morgan fingerprint density at radius 3 is 2.61 bits per heavy atom. The van der Waals surface area contributed by atoms with Crippen LogP contribution in [0.5, 0.6) is 0 Å². The fourth-order valence-corrected chi connectivity index (χ4v) is 5.23. The van der Waals surface area contributed by atoms with Gasteiger partial charge in [0.15, 0.2) is 0 Å². The van der Waals surface area contributed by atoms with Crippen LogP contribution in [-0.2, 0) is 4.79 Å². The summed E-state index contributed by atoms with van der Waals surface area (Å²) in [5.41, 5.74) is 0.557. The minimum Gasteiger partial charge on any atom is -0.396 e. The van der Waals surface area contributed by atoms with Crippen LogP contribution in [0.15, 0.2) is 0 Å². The molecule has 0 aromatic rings. The SMILES string of the molecule is CC12CCC(C1)C(C)(C)C2N1CC(CO)CC1=O. The Morgan fingerprint density at radius 1 is 1.39 bits per heavy atom. The summed E-state index contributed by atoms with van der Waals surface area (Å²) in [6, 6.07) is 0.382. The largest absolute Gasteiger partial charge is 0.396 e. The third kappa shape index (κ3) is 1.49. The zero-order chi connectivity index (χ0) is 13.1. The highest BCUT2D eigenvalue weighted by molar-refractivity contribution is 5.79. The predicted octanol–water partition coefficient (Wildman–Crippen LogP) is 2.04. The van der Waals surface area contributed by atoms with E-state index in [-0.39, 0.29) is 23.8 Å². The summed E-state index contributed by atoms with van der Waals surface area (Å²) in [5, 5.41) is 9.29. The van der Waals surface area contributed by atoms with E-state index < -0.39 is 0 Å². The van der Waals surface area contributed by atoms with Gasteiger partial charge in [-0.2, -0.15) is 0 Å². The summed E-state index contributed by atoms with van der Waals surface area (Å²) < 4.78 is 0. The number of hydrogen-bond donors (Lipinski definition) is 1. The fourth-order valence-electron chi connectivity index (χ4n) is 5.23.